The summed E-state index contributed by atoms with van der Waals surface area (Å²) in [6.45, 7) is -1.92. The minimum Gasteiger partial charge on any atom is -0.232 e. The number of hydrogen-bond acceptors (Lipinski definition) is 9. The van der Waals surface area contributed by atoms with Gasteiger partial charge in [0.2, 0.25) is 13.6 Å². The number of hydrogen-bond donors (Lipinski definition) is 0. The maximum Gasteiger partial charge on any atom is 0.702 e. The van der Waals surface area contributed by atoms with Crippen LogP contribution >= 0.6 is 31.5 Å². The van der Waals surface area contributed by atoms with Gasteiger partial charge in [0, 0.05) is 4.57 Å². The number of rotatable bonds is 10. The van der Waals surface area contributed by atoms with Gasteiger partial charge in [-0.3, -0.25) is 0 Å². The molecule has 9 nitrogen and oxygen atoms in total. The predicted octanol–water partition coefficient (Wildman–Crippen LogP) is 3.71. The van der Waals surface area contributed by atoms with E-state index in [-0.39, 0.29) is 19.8 Å². The lowest BCUT2D eigenvalue weighted by atomic mass is 10.4. The third kappa shape index (κ3) is 6.45. The SMILES string of the molecule is O=[P+](OCOS(=O)(=O)c1ccccc1Cl)OCOS(=O)(=O)c1ccccc1Cl. The quantitative estimate of drug-likeness (QED) is 0.279. The van der Waals surface area contributed by atoms with Crippen molar-refractivity contribution >= 4 is 51.7 Å². The van der Waals surface area contributed by atoms with E-state index in [1.165, 1.54) is 48.5 Å². The Morgan fingerprint density at radius 2 is 1.07 bits per heavy atom. The Kier molecular flexibility index (Phi) is 8.31. The fourth-order valence-corrected chi connectivity index (χ4v) is 4.76. The topological polar surface area (TPSA) is 122 Å². The van der Waals surface area contributed by atoms with Gasteiger partial charge < -0.3 is 0 Å². The van der Waals surface area contributed by atoms with Crippen LogP contribution in [0, 0.1) is 0 Å². The highest BCUT2D eigenvalue weighted by atomic mass is 35.5. The molecule has 0 saturated heterocycles. The van der Waals surface area contributed by atoms with Gasteiger partial charge >= 0.3 is 28.5 Å². The molecule has 0 aliphatic carbocycles. The molecular weight excluding hydrogens is 478 g/mol. The zero-order valence-corrected chi connectivity index (χ0v) is 17.8. The molecule has 0 saturated carbocycles. The molecule has 0 atom stereocenters. The fourth-order valence-electron chi connectivity index (χ4n) is 1.71. The Bertz CT molecular complexity index is 974. The van der Waals surface area contributed by atoms with Crippen molar-refractivity contribution in [2.75, 3.05) is 13.6 Å². The fraction of sp³-hybridized carbons (Fsp3) is 0.143. The van der Waals surface area contributed by atoms with Crippen LogP contribution in [-0.2, 0) is 42.2 Å². The summed E-state index contributed by atoms with van der Waals surface area (Å²) in [5.41, 5.74) is 0. The molecule has 0 heterocycles. The van der Waals surface area contributed by atoms with Gasteiger partial charge in [-0.1, -0.05) is 56.5 Å². The van der Waals surface area contributed by atoms with Crippen LogP contribution in [0.25, 0.3) is 0 Å². The zero-order valence-electron chi connectivity index (χ0n) is 13.7. The molecule has 28 heavy (non-hydrogen) atoms. The van der Waals surface area contributed by atoms with Crippen LogP contribution in [0.1, 0.15) is 0 Å². The van der Waals surface area contributed by atoms with Crippen LogP contribution < -0.4 is 0 Å². The highest BCUT2D eigenvalue weighted by molar-refractivity contribution is 7.87. The summed E-state index contributed by atoms with van der Waals surface area (Å²) in [5, 5.41) is -0.136. The molecule has 0 unspecified atom stereocenters. The number of halogens is 2. The van der Waals surface area contributed by atoms with E-state index >= 15 is 0 Å². The molecule has 0 aliphatic rings. The van der Waals surface area contributed by atoms with Crippen LogP contribution in [0.15, 0.2) is 58.3 Å². The summed E-state index contributed by atoms with van der Waals surface area (Å²) in [4.78, 5) is -0.601. The normalized spacial score (nSPS) is 12.1. The van der Waals surface area contributed by atoms with Crippen molar-refractivity contribution in [1.29, 1.82) is 0 Å². The van der Waals surface area contributed by atoms with Gasteiger partial charge in [0.1, 0.15) is 9.79 Å². The molecule has 152 valence electrons. The van der Waals surface area contributed by atoms with E-state index in [0.717, 1.165) is 0 Å². The Hall–Kier alpha value is -1.14. The van der Waals surface area contributed by atoms with Crippen molar-refractivity contribution in [2.24, 2.45) is 0 Å². The second-order valence-electron chi connectivity index (χ2n) is 4.72. The summed E-state index contributed by atoms with van der Waals surface area (Å²) in [6.07, 6.45) is 0. The summed E-state index contributed by atoms with van der Waals surface area (Å²) in [7, 11) is -11.4. The second kappa shape index (κ2) is 10.1. The van der Waals surface area contributed by atoms with Crippen LogP contribution in [0.2, 0.25) is 10.0 Å². The average Bonchev–Trinajstić information content (AvgIpc) is 2.62. The smallest absolute Gasteiger partial charge is 0.232 e. The standard InChI is InChI=1S/C14H12Cl2O9PS2/c15-11-5-1-3-7-13(11)27(18,19)24-9-22-26(17)23-10-25-28(20,21)14-8-4-2-6-12(14)16/h1-8H,9-10H2/q+1. The largest absolute Gasteiger partial charge is 0.702 e. The molecule has 0 spiro atoms. The van der Waals surface area contributed by atoms with E-state index in [9.17, 15) is 21.4 Å². The van der Waals surface area contributed by atoms with Crippen molar-refractivity contribution in [3.63, 3.8) is 0 Å². The molecule has 2 aromatic rings. The van der Waals surface area contributed by atoms with Gasteiger partial charge in [-0.25, -0.2) is 8.37 Å². The van der Waals surface area contributed by atoms with Crippen molar-refractivity contribution in [3.05, 3.63) is 58.6 Å². The summed E-state index contributed by atoms with van der Waals surface area (Å²) >= 11 is 11.5. The predicted molar refractivity (Wildman–Crippen MR) is 99.0 cm³/mol. The molecule has 2 rings (SSSR count). The van der Waals surface area contributed by atoms with Crippen LogP contribution in [0.3, 0.4) is 0 Å². The van der Waals surface area contributed by atoms with Crippen molar-refractivity contribution in [3.8, 4) is 0 Å². The van der Waals surface area contributed by atoms with Gasteiger partial charge in [-0.05, 0) is 24.3 Å². The molecule has 0 aromatic heterocycles. The Morgan fingerprint density at radius 1 is 0.714 bits per heavy atom. The van der Waals surface area contributed by atoms with E-state index in [0.29, 0.717) is 0 Å². The lowest BCUT2D eigenvalue weighted by molar-refractivity contribution is 0.0754. The van der Waals surface area contributed by atoms with E-state index in [2.05, 4.69) is 17.4 Å². The molecule has 0 aliphatic heterocycles. The lowest BCUT2D eigenvalue weighted by Gasteiger charge is -2.04. The maximum atomic E-state index is 11.9. The van der Waals surface area contributed by atoms with E-state index in [1.54, 1.807) is 0 Å². The average molecular weight is 490 g/mol. The van der Waals surface area contributed by atoms with Crippen LogP contribution in [-0.4, -0.2) is 30.4 Å². The third-order valence-electron chi connectivity index (χ3n) is 2.93. The second-order valence-corrected chi connectivity index (χ2v) is 9.67. The third-order valence-corrected chi connectivity index (χ3v) is 7.05. The Balaban J connectivity index is 1.81. The van der Waals surface area contributed by atoms with E-state index in [1.807, 2.05) is 0 Å². The first-order valence-electron chi connectivity index (χ1n) is 7.14. The summed E-state index contributed by atoms with van der Waals surface area (Å²) in [6, 6.07) is 11.0. The molecule has 0 radical (unpaired) electrons. The van der Waals surface area contributed by atoms with Gasteiger partial charge in [-0.15, -0.1) is 0 Å². The molecule has 0 amide bonds. The van der Waals surface area contributed by atoms with E-state index in [4.69, 9.17) is 23.2 Å². The maximum absolute atomic E-state index is 11.9. The van der Waals surface area contributed by atoms with Gasteiger partial charge in [0.15, 0.2) is 0 Å². The molecular formula is C14H12Cl2O9PS2+. The highest BCUT2D eigenvalue weighted by Crippen LogP contribution is 2.28. The molecule has 14 heteroatoms. The van der Waals surface area contributed by atoms with E-state index < -0.39 is 42.1 Å². The van der Waals surface area contributed by atoms with Crippen molar-refractivity contribution in [1.82, 2.24) is 0 Å². The highest BCUT2D eigenvalue weighted by Gasteiger charge is 2.27. The first-order valence-corrected chi connectivity index (χ1v) is 11.8. The Morgan fingerprint density at radius 3 is 1.43 bits per heavy atom. The molecule has 0 fully saturated rings. The molecule has 0 bridgehead atoms. The lowest BCUT2D eigenvalue weighted by Crippen LogP contribution is -2.10. The van der Waals surface area contributed by atoms with Crippen LogP contribution in [0.4, 0.5) is 0 Å². The first kappa shape index (κ1) is 23.1. The monoisotopic (exact) mass is 489 g/mol. The van der Waals surface area contributed by atoms with Gasteiger partial charge in [0.25, 0.3) is 0 Å². The molecule has 0 N–H and O–H groups in total. The minimum atomic E-state index is -4.25. The zero-order chi connectivity index (χ0) is 20.8. The first-order chi connectivity index (χ1) is 13.1. The van der Waals surface area contributed by atoms with Crippen molar-refractivity contribution < 1.29 is 38.8 Å². The van der Waals surface area contributed by atoms with Crippen molar-refractivity contribution in [2.45, 2.75) is 9.79 Å². The number of benzene rings is 2. The summed E-state index contributed by atoms with van der Waals surface area (Å²) in [5.74, 6) is 0. The van der Waals surface area contributed by atoms with Gasteiger partial charge in [-0.2, -0.15) is 16.8 Å². The molecule has 2 aromatic carbocycles. The minimum absolute atomic E-state index is 0.0682. The van der Waals surface area contributed by atoms with Gasteiger partial charge in [0.05, 0.1) is 10.0 Å². The summed E-state index contributed by atoms with van der Waals surface area (Å²) < 4.78 is 77.3. The van der Waals surface area contributed by atoms with Crippen LogP contribution in [0.5, 0.6) is 0 Å². The Labute approximate surface area is 172 Å².